The summed E-state index contributed by atoms with van der Waals surface area (Å²) in [6, 6.07) is 10.3. The molecule has 2 rings (SSSR count). The van der Waals surface area contributed by atoms with Gasteiger partial charge >= 0.3 is 0 Å². The predicted molar refractivity (Wildman–Crippen MR) is 82.6 cm³/mol. The number of hydrogen-bond donors (Lipinski definition) is 2. The molecule has 0 saturated heterocycles. The zero-order chi connectivity index (χ0) is 15.9. The topological polar surface area (TPSA) is 121 Å². The molecule has 0 radical (unpaired) electrons. The minimum atomic E-state index is -0.483. The van der Waals surface area contributed by atoms with Crippen LogP contribution in [0.4, 0.5) is 5.69 Å². The third-order valence-corrected chi connectivity index (χ3v) is 2.99. The largest absolute Gasteiger partial charge is 0.369 e. The molecule has 0 saturated carbocycles. The number of guanidine groups is 1. The average Bonchev–Trinajstić information content (AvgIpc) is 2.54. The van der Waals surface area contributed by atoms with Crippen LogP contribution in [-0.4, -0.2) is 16.9 Å². The van der Waals surface area contributed by atoms with Crippen LogP contribution >= 0.6 is 0 Å². The summed E-state index contributed by atoms with van der Waals surface area (Å²) in [6.07, 6.45) is 4.92. The minimum Gasteiger partial charge on any atom is -0.369 e. The number of amides is 1. The number of primary amides is 1. The molecule has 0 unspecified atom stereocenters. The fourth-order valence-electron chi connectivity index (χ4n) is 1.90. The predicted octanol–water partition coefficient (Wildman–Crippen LogP) is 0.983. The molecule has 4 N–H and O–H groups in total. The Morgan fingerprint density at radius 3 is 2.36 bits per heavy atom. The van der Waals surface area contributed by atoms with Gasteiger partial charge in [-0.15, -0.1) is 4.99 Å². The van der Waals surface area contributed by atoms with Crippen molar-refractivity contribution in [3.8, 4) is 6.19 Å². The molecule has 1 amide bonds. The fourth-order valence-corrected chi connectivity index (χ4v) is 1.90. The van der Waals surface area contributed by atoms with E-state index in [-0.39, 0.29) is 5.96 Å². The van der Waals surface area contributed by atoms with Crippen molar-refractivity contribution in [3.05, 3.63) is 59.9 Å². The van der Waals surface area contributed by atoms with Crippen LogP contribution in [0.5, 0.6) is 0 Å². The number of nitrogens with zero attached hydrogens (tertiary/aromatic N) is 4. The number of anilines is 1. The maximum absolute atomic E-state index is 11.1. The Bertz CT molecular complexity index is 718. The molecule has 0 atom stereocenters. The lowest BCUT2D eigenvalue weighted by atomic mass is 10.1. The molecule has 7 nitrogen and oxygen atoms in total. The zero-order valence-corrected chi connectivity index (χ0v) is 11.7. The Kier molecular flexibility index (Phi) is 4.67. The molecule has 0 spiro atoms. The molecule has 22 heavy (non-hydrogen) atoms. The van der Waals surface area contributed by atoms with Gasteiger partial charge in [0.15, 0.2) is 0 Å². The van der Waals surface area contributed by atoms with E-state index in [4.69, 9.17) is 16.7 Å². The van der Waals surface area contributed by atoms with Gasteiger partial charge in [-0.2, -0.15) is 5.26 Å². The van der Waals surface area contributed by atoms with Gasteiger partial charge in [-0.25, -0.2) is 0 Å². The molecule has 0 aliphatic heterocycles. The Morgan fingerprint density at radius 2 is 1.82 bits per heavy atom. The van der Waals surface area contributed by atoms with Crippen molar-refractivity contribution >= 4 is 17.6 Å². The lowest BCUT2D eigenvalue weighted by molar-refractivity contribution is 0.100. The number of aromatic nitrogens is 1. The average molecular weight is 294 g/mol. The minimum absolute atomic E-state index is 0.0766. The SMILES string of the molecule is N#CN=C(N)N(Cc1ccc(C(N)=O)cc1)c1ccncc1. The molecule has 0 bridgehead atoms. The van der Waals surface area contributed by atoms with Gasteiger partial charge in [0.2, 0.25) is 18.1 Å². The summed E-state index contributed by atoms with van der Waals surface area (Å²) in [5.41, 5.74) is 13.1. The quantitative estimate of drug-likeness (QED) is 0.494. The van der Waals surface area contributed by atoms with Crippen LogP contribution in [0.25, 0.3) is 0 Å². The van der Waals surface area contributed by atoms with Gasteiger partial charge in [-0.1, -0.05) is 12.1 Å². The summed E-state index contributed by atoms with van der Waals surface area (Å²) < 4.78 is 0. The Balaban J connectivity index is 2.29. The van der Waals surface area contributed by atoms with Crippen molar-refractivity contribution < 1.29 is 4.79 Å². The Labute approximate surface area is 127 Å². The summed E-state index contributed by atoms with van der Waals surface area (Å²) in [7, 11) is 0. The molecule has 2 aromatic rings. The van der Waals surface area contributed by atoms with Gasteiger partial charge in [-0.05, 0) is 29.8 Å². The first-order valence-electron chi connectivity index (χ1n) is 6.40. The van der Waals surface area contributed by atoms with Crippen molar-refractivity contribution in [2.75, 3.05) is 4.90 Å². The number of hydrogen-bond acceptors (Lipinski definition) is 4. The first-order valence-corrected chi connectivity index (χ1v) is 6.40. The lowest BCUT2D eigenvalue weighted by Crippen LogP contribution is -2.36. The second-order valence-corrected chi connectivity index (χ2v) is 4.42. The van der Waals surface area contributed by atoms with Crippen LogP contribution in [0, 0.1) is 11.5 Å². The Morgan fingerprint density at radius 1 is 1.18 bits per heavy atom. The van der Waals surface area contributed by atoms with Crippen molar-refractivity contribution in [1.82, 2.24) is 4.98 Å². The third kappa shape index (κ3) is 3.58. The molecule has 1 aromatic heterocycles. The van der Waals surface area contributed by atoms with Crippen molar-refractivity contribution in [2.24, 2.45) is 16.5 Å². The van der Waals surface area contributed by atoms with E-state index in [0.29, 0.717) is 12.1 Å². The van der Waals surface area contributed by atoms with Crippen molar-refractivity contribution in [2.45, 2.75) is 6.54 Å². The second kappa shape index (κ2) is 6.85. The van der Waals surface area contributed by atoms with Crippen molar-refractivity contribution in [3.63, 3.8) is 0 Å². The van der Waals surface area contributed by atoms with Crippen LogP contribution in [0.2, 0.25) is 0 Å². The molecule has 1 heterocycles. The van der Waals surface area contributed by atoms with Crippen LogP contribution in [0.3, 0.4) is 0 Å². The number of nitrogens with two attached hydrogens (primary N) is 2. The van der Waals surface area contributed by atoms with Gasteiger partial charge < -0.3 is 16.4 Å². The summed E-state index contributed by atoms with van der Waals surface area (Å²) in [5, 5.41) is 8.69. The molecule has 0 aliphatic carbocycles. The summed E-state index contributed by atoms with van der Waals surface area (Å²) in [6.45, 7) is 0.389. The molecule has 0 fully saturated rings. The normalized spacial score (nSPS) is 10.8. The highest BCUT2D eigenvalue weighted by Crippen LogP contribution is 2.16. The first kappa shape index (κ1) is 15.0. The van der Waals surface area contributed by atoms with Gasteiger partial charge in [-0.3, -0.25) is 9.78 Å². The van der Waals surface area contributed by atoms with Gasteiger partial charge in [0.1, 0.15) is 0 Å². The molecule has 110 valence electrons. The first-order chi connectivity index (χ1) is 10.6. The monoisotopic (exact) mass is 294 g/mol. The van der Waals surface area contributed by atoms with E-state index in [0.717, 1.165) is 11.3 Å². The summed E-state index contributed by atoms with van der Waals surface area (Å²) in [4.78, 5) is 20.3. The fraction of sp³-hybridized carbons (Fsp3) is 0.0667. The molecule has 7 heteroatoms. The van der Waals surface area contributed by atoms with Crippen molar-refractivity contribution in [1.29, 1.82) is 5.26 Å². The van der Waals surface area contributed by atoms with E-state index in [9.17, 15) is 4.79 Å². The van der Waals surface area contributed by atoms with Crippen LogP contribution < -0.4 is 16.4 Å². The van der Waals surface area contributed by atoms with Crippen LogP contribution in [0.1, 0.15) is 15.9 Å². The molecular weight excluding hydrogens is 280 g/mol. The zero-order valence-electron chi connectivity index (χ0n) is 11.7. The number of carbonyl (C=O) groups excluding carboxylic acids is 1. The number of aliphatic imine (C=N–C) groups is 1. The van der Waals surface area contributed by atoms with E-state index in [1.165, 1.54) is 0 Å². The standard InChI is InChI=1S/C15H14N6O/c16-10-20-15(18)21(13-5-7-19-8-6-13)9-11-1-3-12(4-2-11)14(17)22/h1-8H,9H2,(H2,17,22)(H2,18,20). The second-order valence-electron chi connectivity index (χ2n) is 4.42. The maximum atomic E-state index is 11.1. The van der Waals surface area contributed by atoms with Gasteiger partial charge in [0.05, 0.1) is 6.54 Å². The summed E-state index contributed by atoms with van der Waals surface area (Å²) in [5.74, 6) is -0.407. The highest BCUT2D eigenvalue weighted by Gasteiger charge is 2.12. The number of rotatable bonds is 4. The van der Waals surface area contributed by atoms with Gasteiger partial charge in [0.25, 0.3) is 0 Å². The van der Waals surface area contributed by atoms with E-state index in [1.54, 1.807) is 59.9 Å². The van der Waals surface area contributed by atoms with Gasteiger partial charge in [0, 0.05) is 23.6 Å². The number of pyridine rings is 1. The maximum Gasteiger partial charge on any atom is 0.248 e. The number of nitriles is 1. The molecule has 1 aromatic carbocycles. The van der Waals surface area contributed by atoms with Crippen LogP contribution in [0.15, 0.2) is 53.8 Å². The summed E-state index contributed by atoms with van der Waals surface area (Å²) >= 11 is 0. The van der Waals surface area contributed by atoms with E-state index >= 15 is 0 Å². The van der Waals surface area contributed by atoms with Crippen LogP contribution in [-0.2, 0) is 6.54 Å². The third-order valence-electron chi connectivity index (χ3n) is 2.99. The smallest absolute Gasteiger partial charge is 0.248 e. The Hall–Kier alpha value is -3.40. The lowest BCUT2D eigenvalue weighted by Gasteiger charge is -2.23. The molecule has 0 aliphatic rings. The number of benzene rings is 1. The highest BCUT2D eigenvalue weighted by atomic mass is 16.1. The molecular formula is C15H14N6O. The van der Waals surface area contributed by atoms with E-state index < -0.39 is 5.91 Å². The van der Waals surface area contributed by atoms with E-state index in [2.05, 4.69) is 9.98 Å². The van der Waals surface area contributed by atoms with E-state index in [1.807, 2.05) is 0 Å². The number of carbonyl (C=O) groups is 1. The highest BCUT2D eigenvalue weighted by molar-refractivity contribution is 5.95.